The maximum atomic E-state index is 4.01. The van der Waals surface area contributed by atoms with Gasteiger partial charge in [0.15, 0.2) is 0 Å². The second-order valence-corrected chi connectivity index (χ2v) is 3.06. The van der Waals surface area contributed by atoms with Crippen molar-refractivity contribution in [1.29, 1.82) is 0 Å². The van der Waals surface area contributed by atoms with Gasteiger partial charge in [0.2, 0.25) is 0 Å². The molecule has 1 fully saturated rings. The first-order valence-electron chi connectivity index (χ1n) is 3.49. The lowest BCUT2D eigenvalue weighted by Gasteiger charge is -2.04. The van der Waals surface area contributed by atoms with E-state index in [0.29, 0.717) is 11.8 Å². The Hall–Kier alpha value is -0.520. The number of hydrogen-bond donors (Lipinski definition) is 0. The van der Waals surface area contributed by atoms with Crippen LogP contribution in [0.1, 0.15) is 20.3 Å². The first-order chi connectivity index (χ1) is 4.13. The van der Waals surface area contributed by atoms with Crippen LogP contribution in [0.2, 0.25) is 0 Å². The molecule has 0 bridgehead atoms. The van der Waals surface area contributed by atoms with Crippen LogP contribution in [0.25, 0.3) is 0 Å². The predicted octanol–water partition coefficient (Wildman–Crippen LogP) is 2.77. The molecule has 1 rings (SSSR count). The van der Waals surface area contributed by atoms with Crippen LogP contribution in [-0.2, 0) is 0 Å². The molecule has 0 spiro atoms. The van der Waals surface area contributed by atoms with Crippen LogP contribution in [0.4, 0.5) is 0 Å². The van der Waals surface area contributed by atoms with Crippen LogP contribution in [0.5, 0.6) is 0 Å². The molecule has 1 aliphatic carbocycles. The number of rotatable bonds is 0. The van der Waals surface area contributed by atoms with Crippen LogP contribution >= 0.6 is 0 Å². The van der Waals surface area contributed by atoms with Gasteiger partial charge in [0.25, 0.3) is 0 Å². The monoisotopic (exact) mass is 122 g/mol. The maximum Gasteiger partial charge on any atom is -0.00238 e. The van der Waals surface area contributed by atoms with Crippen molar-refractivity contribution >= 4 is 0 Å². The number of allylic oxidation sites excluding steroid dienone is 2. The fraction of sp³-hybridized carbons (Fsp3) is 0.556. The lowest BCUT2D eigenvalue weighted by molar-refractivity contribution is 0.727. The molecule has 0 heterocycles. The molecule has 1 aliphatic rings. The van der Waals surface area contributed by atoms with Gasteiger partial charge < -0.3 is 0 Å². The van der Waals surface area contributed by atoms with Crippen molar-refractivity contribution in [3.05, 3.63) is 24.3 Å². The van der Waals surface area contributed by atoms with Crippen LogP contribution in [0.15, 0.2) is 24.3 Å². The Morgan fingerprint density at radius 1 is 1.33 bits per heavy atom. The van der Waals surface area contributed by atoms with Gasteiger partial charge >= 0.3 is 0 Å². The molecule has 1 saturated carbocycles. The van der Waals surface area contributed by atoms with Gasteiger partial charge in [-0.2, -0.15) is 0 Å². The standard InChI is InChI=1S/C9H14/c1-6-5-7(2)9(4)8(6)3/h7-8H,1,4-5H2,2-3H3. The second kappa shape index (κ2) is 2.02. The summed E-state index contributed by atoms with van der Waals surface area (Å²) in [6.45, 7) is 12.4. The van der Waals surface area contributed by atoms with E-state index in [-0.39, 0.29) is 0 Å². The molecule has 0 aromatic heterocycles. The summed E-state index contributed by atoms with van der Waals surface area (Å²) in [7, 11) is 0. The molecule has 0 N–H and O–H groups in total. The van der Waals surface area contributed by atoms with Crippen LogP contribution in [0.3, 0.4) is 0 Å². The van der Waals surface area contributed by atoms with Crippen molar-refractivity contribution in [2.45, 2.75) is 20.3 Å². The minimum atomic E-state index is 0.569. The Bertz CT molecular complexity index is 153. The molecule has 0 aromatic carbocycles. The highest BCUT2D eigenvalue weighted by molar-refractivity contribution is 5.25. The van der Waals surface area contributed by atoms with E-state index < -0.39 is 0 Å². The summed E-state index contributed by atoms with van der Waals surface area (Å²) in [4.78, 5) is 0. The fourth-order valence-electron chi connectivity index (χ4n) is 1.39. The summed E-state index contributed by atoms with van der Waals surface area (Å²) < 4.78 is 0. The largest absolute Gasteiger partial charge is 0.0992 e. The highest BCUT2D eigenvalue weighted by Gasteiger charge is 2.24. The third kappa shape index (κ3) is 0.937. The first kappa shape index (κ1) is 6.60. The maximum absolute atomic E-state index is 4.01. The normalized spacial score (nSPS) is 35.8. The van der Waals surface area contributed by atoms with Gasteiger partial charge in [-0.05, 0) is 18.3 Å². The number of hydrogen-bond acceptors (Lipinski definition) is 0. The van der Waals surface area contributed by atoms with Gasteiger partial charge in [0, 0.05) is 0 Å². The SMILES string of the molecule is C=C1CC(C)C(=C)C1C. The van der Waals surface area contributed by atoms with Crippen LogP contribution in [0, 0.1) is 11.8 Å². The van der Waals surface area contributed by atoms with Gasteiger partial charge in [-0.15, -0.1) is 0 Å². The fourth-order valence-corrected chi connectivity index (χ4v) is 1.39. The van der Waals surface area contributed by atoms with Crippen molar-refractivity contribution < 1.29 is 0 Å². The average molecular weight is 122 g/mol. The summed E-state index contributed by atoms with van der Waals surface area (Å²) in [5.74, 6) is 1.24. The summed E-state index contributed by atoms with van der Waals surface area (Å²) in [5, 5.41) is 0. The molecule has 0 saturated heterocycles. The van der Waals surface area contributed by atoms with Crippen molar-refractivity contribution in [1.82, 2.24) is 0 Å². The van der Waals surface area contributed by atoms with Gasteiger partial charge in [0.1, 0.15) is 0 Å². The zero-order valence-corrected chi connectivity index (χ0v) is 6.28. The molecule has 0 nitrogen and oxygen atoms in total. The topological polar surface area (TPSA) is 0 Å². The zero-order valence-electron chi connectivity index (χ0n) is 6.28. The molecule has 0 aromatic rings. The molecule has 2 unspecified atom stereocenters. The Kier molecular flexibility index (Phi) is 1.48. The molecular formula is C9H14. The summed E-state index contributed by atoms with van der Waals surface area (Å²) in [5.41, 5.74) is 2.72. The highest BCUT2D eigenvalue weighted by Crippen LogP contribution is 2.37. The van der Waals surface area contributed by atoms with Gasteiger partial charge in [-0.25, -0.2) is 0 Å². The Morgan fingerprint density at radius 3 is 2.00 bits per heavy atom. The smallest absolute Gasteiger partial charge is 0.00238 e. The lowest BCUT2D eigenvalue weighted by Crippen LogP contribution is -1.92. The van der Waals surface area contributed by atoms with Crippen LogP contribution < -0.4 is 0 Å². The molecule has 2 atom stereocenters. The quantitative estimate of drug-likeness (QED) is 0.433. The van der Waals surface area contributed by atoms with Gasteiger partial charge in [-0.1, -0.05) is 38.2 Å². The van der Waals surface area contributed by atoms with Crippen LogP contribution in [-0.4, -0.2) is 0 Å². The zero-order chi connectivity index (χ0) is 7.02. The van der Waals surface area contributed by atoms with Crippen molar-refractivity contribution in [3.8, 4) is 0 Å². The average Bonchev–Trinajstić information content (AvgIpc) is 1.98. The molecule has 9 heavy (non-hydrogen) atoms. The lowest BCUT2D eigenvalue weighted by atomic mass is 10.0. The van der Waals surface area contributed by atoms with E-state index in [1.54, 1.807) is 0 Å². The second-order valence-electron chi connectivity index (χ2n) is 3.06. The summed E-state index contributed by atoms with van der Waals surface area (Å²) in [6.07, 6.45) is 1.15. The third-order valence-electron chi connectivity index (χ3n) is 2.37. The molecule has 0 radical (unpaired) electrons. The Labute approximate surface area is 57.3 Å². The summed E-state index contributed by atoms with van der Waals surface area (Å²) >= 11 is 0. The first-order valence-corrected chi connectivity index (χ1v) is 3.49. The van der Waals surface area contributed by atoms with Crippen molar-refractivity contribution in [2.24, 2.45) is 11.8 Å². The molecule has 50 valence electrons. The Morgan fingerprint density at radius 2 is 1.89 bits per heavy atom. The van der Waals surface area contributed by atoms with E-state index in [9.17, 15) is 0 Å². The van der Waals surface area contributed by atoms with Crippen molar-refractivity contribution in [3.63, 3.8) is 0 Å². The minimum absolute atomic E-state index is 0.569. The van der Waals surface area contributed by atoms with E-state index in [2.05, 4.69) is 27.0 Å². The Balaban J connectivity index is 2.77. The van der Waals surface area contributed by atoms with Gasteiger partial charge in [-0.3, -0.25) is 0 Å². The van der Waals surface area contributed by atoms with E-state index in [1.165, 1.54) is 11.1 Å². The molecular weight excluding hydrogens is 108 g/mol. The summed E-state index contributed by atoms with van der Waals surface area (Å²) in [6, 6.07) is 0. The van der Waals surface area contributed by atoms with Gasteiger partial charge in [0.05, 0.1) is 0 Å². The van der Waals surface area contributed by atoms with E-state index >= 15 is 0 Å². The molecule has 0 amide bonds. The third-order valence-corrected chi connectivity index (χ3v) is 2.37. The highest BCUT2D eigenvalue weighted by atomic mass is 14.3. The van der Waals surface area contributed by atoms with E-state index in [0.717, 1.165) is 6.42 Å². The molecule has 0 aliphatic heterocycles. The van der Waals surface area contributed by atoms with E-state index in [4.69, 9.17) is 0 Å². The van der Waals surface area contributed by atoms with E-state index in [1.807, 2.05) is 0 Å². The molecule has 0 heteroatoms. The predicted molar refractivity (Wildman–Crippen MR) is 41.2 cm³/mol. The van der Waals surface area contributed by atoms with Crippen molar-refractivity contribution in [2.75, 3.05) is 0 Å². The minimum Gasteiger partial charge on any atom is -0.0992 e.